The van der Waals surface area contributed by atoms with Crippen molar-refractivity contribution < 1.29 is 9.53 Å². The predicted octanol–water partition coefficient (Wildman–Crippen LogP) is 1.77. The molecule has 19 heavy (non-hydrogen) atoms. The molecule has 104 valence electrons. The molecule has 5 heteroatoms. The predicted molar refractivity (Wildman–Crippen MR) is 76.8 cm³/mol. The zero-order valence-electron chi connectivity index (χ0n) is 11.7. The smallest absolute Gasteiger partial charge is 0.221 e. The third-order valence-electron chi connectivity index (χ3n) is 3.27. The highest BCUT2D eigenvalue weighted by Gasteiger charge is 2.20. The normalized spacial score (nSPS) is 19.2. The summed E-state index contributed by atoms with van der Waals surface area (Å²) in [6, 6.07) is 6.04. The van der Waals surface area contributed by atoms with Crippen molar-refractivity contribution in [1.29, 1.82) is 0 Å². The number of ether oxygens (including phenoxy) is 1. The quantitative estimate of drug-likeness (QED) is 0.869. The van der Waals surface area contributed by atoms with Gasteiger partial charge in [-0.1, -0.05) is 0 Å². The van der Waals surface area contributed by atoms with Gasteiger partial charge >= 0.3 is 0 Å². The molecule has 1 heterocycles. The van der Waals surface area contributed by atoms with Crippen molar-refractivity contribution in [3.8, 4) is 5.75 Å². The number of amides is 1. The Kier molecular flexibility index (Phi) is 4.27. The zero-order valence-corrected chi connectivity index (χ0v) is 11.7. The lowest BCUT2D eigenvalue weighted by Crippen LogP contribution is -2.23. The second-order valence-electron chi connectivity index (χ2n) is 4.99. The number of hydrogen-bond donors (Lipinski definition) is 2. The van der Waals surface area contributed by atoms with Crippen LogP contribution in [0.5, 0.6) is 5.75 Å². The summed E-state index contributed by atoms with van der Waals surface area (Å²) in [6.07, 6.45) is 1.12. The monoisotopic (exact) mass is 263 g/mol. The van der Waals surface area contributed by atoms with E-state index in [0.29, 0.717) is 6.04 Å². The molecule has 2 rings (SSSR count). The molecular weight excluding hydrogens is 242 g/mol. The average molecular weight is 263 g/mol. The fourth-order valence-corrected chi connectivity index (χ4v) is 2.37. The molecule has 1 atom stereocenters. The number of anilines is 2. The minimum Gasteiger partial charge on any atom is -0.495 e. The Morgan fingerprint density at radius 2 is 2.26 bits per heavy atom. The van der Waals surface area contributed by atoms with Gasteiger partial charge in [0.15, 0.2) is 0 Å². The van der Waals surface area contributed by atoms with Gasteiger partial charge in [0.05, 0.1) is 12.8 Å². The zero-order chi connectivity index (χ0) is 13.8. The third kappa shape index (κ3) is 3.61. The first kappa shape index (κ1) is 13.7. The van der Waals surface area contributed by atoms with E-state index in [0.717, 1.165) is 36.6 Å². The summed E-state index contributed by atoms with van der Waals surface area (Å²) < 4.78 is 5.35. The van der Waals surface area contributed by atoms with Crippen molar-refractivity contribution in [2.45, 2.75) is 19.4 Å². The third-order valence-corrected chi connectivity index (χ3v) is 3.27. The van der Waals surface area contributed by atoms with E-state index in [2.05, 4.69) is 22.6 Å². The maximum absolute atomic E-state index is 11.1. The lowest BCUT2D eigenvalue weighted by molar-refractivity contribution is -0.114. The van der Waals surface area contributed by atoms with Gasteiger partial charge < -0.3 is 20.3 Å². The number of rotatable bonds is 4. The van der Waals surface area contributed by atoms with Crippen LogP contribution in [0.25, 0.3) is 0 Å². The largest absolute Gasteiger partial charge is 0.495 e. The van der Waals surface area contributed by atoms with Crippen molar-refractivity contribution >= 4 is 17.3 Å². The molecule has 0 aliphatic carbocycles. The van der Waals surface area contributed by atoms with Crippen LogP contribution in [0.1, 0.15) is 13.3 Å². The van der Waals surface area contributed by atoms with Crippen LogP contribution < -0.4 is 15.4 Å². The Morgan fingerprint density at radius 1 is 1.47 bits per heavy atom. The summed E-state index contributed by atoms with van der Waals surface area (Å²) in [5.74, 6) is 0.723. The van der Waals surface area contributed by atoms with Crippen LogP contribution in [-0.4, -0.2) is 44.1 Å². The van der Waals surface area contributed by atoms with Gasteiger partial charge in [-0.25, -0.2) is 0 Å². The second kappa shape index (κ2) is 5.93. The number of nitrogens with one attached hydrogen (secondary N) is 2. The van der Waals surface area contributed by atoms with Crippen molar-refractivity contribution in [3.05, 3.63) is 18.2 Å². The van der Waals surface area contributed by atoms with Crippen LogP contribution in [-0.2, 0) is 4.79 Å². The van der Waals surface area contributed by atoms with Gasteiger partial charge in [-0.15, -0.1) is 0 Å². The lowest BCUT2D eigenvalue weighted by Gasteiger charge is -2.18. The Hall–Kier alpha value is -1.75. The van der Waals surface area contributed by atoms with Crippen LogP contribution >= 0.6 is 0 Å². The van der Waals surface area contributed by atoms with Crippen molar-refractivity contribution in [2.75, 3.05) is 37.9 Å². The van der Waals surface area contributed by atoms with E-state index in [-0.39, 0.29) is 5.91 Å². The van der Waals surface area contributed by atoms with E-state index in [9.17, 15) is 4.79 Å². The summed E-state index contributed by atoms with van der Waals surface area (Å²) in [5.41, 5.74) is 1.70. The number of likely N-dealkylation sites (tertiary alicyclic amines) is 1. The Balaban J connectivity index is 2.13. The Bertz CT molecular complexity index is 462. The molecule has 5 nitrogen and oxygen atoms in total. The van der Waals surface area contributed by atoms with Crippen molar-refractivity contribution in [2.24, 2.45) is 0 Å². The van der Waals surface area contributed by atoms with E-state index < -0.39 is 0 Å². The minimum absolute atomic E-state index is 0.0725. The molecule has 0 bridgehead atoms. The SMILES string of the molecule is COc1ccc(NC(C)=O)cc1NC1CCN(C)C1. The number of likely N-dealkylation sites (N-methyl/N-ethyl adjacent to an activating group) is 1. The summed E-state index contributed by atoms with van der Waals surface area (Å²) in [4.78, 5) is 13.4. The molecule has 0 saturated carbocycles. The molecule has 2 N–H and O–H groups in total. The Labute approximate surface area is 113 Å². The number of nitrogens with zero attached hydrogens (tertiary/aromatic N) is 1. The number of carbonyl (C=O) groups excluding carboxylic acids is 1. The average Bonchev–Trinajstić information content (AvgIpc) is 2.74. The van der Waals surface area contributed by atoms with Crippen LogP contribution in [0, 0.1) is 0 Å². The highest BCUT2D eigenvalue weighted by molar-refractivity contribution is 5.89. The molecule has 0 aromatic heterocycles. The van der Waals surface area contributed by atoms with Gasteiger partial charge in [0.2, 0.25) is 5.91 Å². The lowest BCUT2D eigenvalue weighted by atomic mass is 10.2. The number of hydrogen-bond acceptors (Lipinski definition) is 4. The highest BCUT2D eigenvalue weighted by atomic mass is 16.5. The number of carbonyl (C=O) groups is 1. The molecule has 1 fully saturated rings. The van der Waals surface area contributed by atoms with E-state index in [1.54, 1.807) is 7.11 Å². The summed E-state index contributed by atoms with van der Waals surface area (Å²) in [7, 11) is 3.77. The number of methoxy groups -OCH3 is 1. The molecular formula is C14H21N3O2. The van der Waals surface area contributed by atoms with Crippen molar-refractivity contribution in [3.63, 3.8) is 0 Å². The van der Waals surface area contributed by atoms with E-state index in [4.69, 9.17) is 4.74 Å². The molecule has 1 amide bonds. The van der Waals surface area contributed by atoms with Gasteiger partial charge in [-0.2, -0.15) is 0 Å². The first-order valence-corrected chi connectivity index (χ1v) is 6.49. The van der Waals surface area contributed by atoms with Gasteiger partial charge in [0.1, 0.15) is 5.75 Å². The summed E-state index contributed by atoms with van der Waals surface area (Å²) in [5, 5.41) is 6.27. The van der Waals surface area contributed by atoms with Crippen molar-refractivity contribution in [1.82, 2.24) is 4.90 Å². The van der Waals surface area contributed by atoms with Crippen LogP contribution in [0.2, 0.25) is 0 Å². The minimum atomic E-state index is -0.0725. The van der Waals surface area contributed by atoms with E-state index in [1.807, 2.05) is 18.2 Å². The van der Waals surface area contributed by atoms with Crippen LogP contribution in [0.4, 0.5) is 11.4 Å². The topological polar surface area (TPSA) is 53.6 Å². The first-order chi connectivity index (χ1) is 9.08. The fraction of sp³-hybridized carbons (Fsp3) is 0.500. The first-order valence-electron chi connectivity index (χ1n) is 6.49. The maximum Gasteiger partial charge on any atom is 0.221 e. The van der Waals surface area contributed by atoms with Crippen LogP contribution in [0.3, 0.4) is 0 Å². The summed E-state index contributed by atoms with van der Waals surface area (Å²) >= 11 is 0. The standard InChI is InChI=1S/C14H21N3O2/c1-10(18)15-11-4-5-14(19-3)13(8-11)16-12-6-7-17(2)9-12/h4-5,8,12,16H,6-7,9H2,1-3H3,(H,15,18). The molecule has 0 spiro atoms. The highest BCUT2D eigenvalue weighted by Crippen LogP contribution is 2.29. The maximum atomic E-state index is 11.1. The van der Waals surface area contributed by atoms with E-state index >= 15 is 0 Å². The Morgan fingerprint density at radius 3 is 2.84 bits per heavy atom. The second-order valence-corrected chi connectivity index (χ2v) is 4.99. The molecule has 0 radical (unpaired) electrons. The van der Waals surface area contributed by atoms with E-state index in [1.165, 1.54) is 6.92 Å². The summed E-state index contributed by atoms with van der Waals surface area (Å²) in [6.45, 7) is 3.63. The van der Waals surface area contributed by atoms with Crippen LogP contribution in [0.15, 0.2) is 18.2 Å². The number of benzene rings is 1. The molecule has 1 aromatic rings. The van der Waals surface area contributed by atoms with Gasteiger partial charge in [-0.05, 0) is 38.2 Å². The molecule has 1 unspecified atom stereocenters. The fourth-order valence-electron chi connectivity index (χ4n) is 2.37. The molecule has 1 aliphatic rings. The van der Waals surface area contributed by atoms with Gasteiger partial charge in [0.25, 0.3) is 0 Å². The van der Waals surface area contributed by atoms with Gasteiger partial charge in [-0.3, -0.25) is 4.79 Å². The molecule has 1 saturated heterocycles. The molecule has 1 aromatic carbocycles. The van der Waals surface area contributed by atoms with Gasteiger partial charge in [0, 0.05) is 25.2 Å². The molecule has 1 aliphatic heterocycles.